The zero-order chi connectivity index (χ0) is 12.0. The lowest BCUT2D eigenvalue weighted by molar-refractivity contribution is 0.188. The number of likely N-dealkylation sites (N-methyl/N-ethyl adjacent to an activating group) is 1. The second-order valence-corrected chi connectivity index (χ2v) is 4.87. The minimum Gasteiger partial charge on any atom is -0.488 e. The van der Waals surface area contributed by atoms with E-state index in [1.807, 2.05) is 13.1 Å². The third-order valence-electron chi connectivity index (χ3n) is 2.42. The van der Waals surface area contributed by atoms with Gasteiger partial charge in [0, 0.05) is 6.54 Å². The van der Waals surface area contributed by atoms with Gasteiger partial charge in [-0.1, -0.05) is 19.4 Å². The molecule has 0 aliphatic rings. The van der Waals surface area contributed by atoms with Crippen molar-refractivity contribution in [1.29, 1.82) is 0 Å². The molecule has 0 saturated carbocycles. The number of hydrogen-bond acceptors (Lipinski definition) is 2. The van der Waals surface area contributed by atoms with Gasteiger partial charge in [0.15, 0.2) is 0 Å². The first kappa shape index (κ1) is 13.5. The Morgan fingerprint density at radius 3 is 2.75 bits per heavy atom. The first-order chi connectivity index (χ1) is 7.67. The van der Waals surface area contributed by atoms with Crippen molar-refractivity contribution in [2.45, 2.75) is 32.8 Å². The van der Waals surface area contributed by atoms with Crippen LogP contribution >= 0.6 is 15.9 Å². The number of ether oxygens (including phenoxy) is 1. The molecule has 1 unspecified atom stereocenters. The Bertz CT molecular complexity index is 322. The number of hydrogen-bond donors (Lipinski definition) is 1. The fraction of sp³-hybridized carbons (Fsp3) is 0.538. The lowest BCUT2D eigenvalue weighted by Gasteiger charge is -2.19. The van der Waals surface area contributed by atoms with Gasteiger partial charge in [0.2, 0.25) is 0 Å². The lowest BCUT2D eigenvalue weighted by Crippen LogP contribution is -2.29. The molecule has 2 nitrogen and oxygen atoms in total. The van der Waals surface area contributed by atoms with Crippen LogP contribution in [-0.2, 0) is 0 Å². The fourth-order valence-electron chi connectivity index (χ4n) is 1.63. The van der Waals surface area contributed by atoms with E-state index in [0.29, 0.717) is 0 Å². The van der Waals surface area contributed by atoms with Gasteiger partial charge in [-0.15, -0.1) is 0 Å². The third-order valence-corrected chi connectivity index (χ3v) is 3.04. The lowest BCUT2D eigenvalue weighted by atomic mass is 10.2. The minimum atomic E-state index is 0.244. The molecule has 1 aromatic rings. The van der Waals surface area contributed by atoms with E-state index in [1.165, 1.54) is 5.56 Å². The zero-order valence-electron chi connectivity index (χ0n) is 10.2. The molecule has 3 heteroatoms. The molecule has 0 amide bonds. The van der Waals surface area contributed by atoms with Gasteiger partial charge in [-0.25, -0.2) is 0 Å². The molecule has 0 bridgehead atoms. The van der Waals surface area contributed by atoms with Crippen molar-refractivity contribution in [2.75, 3.05) is 13.6 Å². The number of aryl methyl sites for hydroxylation is 1. The summed E-state index contributed by atoms with van der Waals surface area (Å²) in [6.45, 7) is 5.13. The van der Waals surface area contributed by atoms with E-state index in [1.54, 1.807) is 0 Å². The monoisotopic (exact) mass is 285 g/mol. The van der Waals surface area contributed by atoms with Gasteiger partial charge in [-0.05, 0) is 54.0 Å². The van der Waals surface area contributed by atoms with Gasteiger partial charge >= 0.3 is 0 Å². The van der Waals surface area contributed by atoms with Crippen LogP contribution in [0.4, 0.5) is 0 Å². The van der Waals surface area contributed by atoms with Crippen molar-refractivity contribution in [1.82, 2.24) is 5.32 Å². The minimum absolute atomic E-state index is 0.244. The molecule has 16 heavy (non-hydrogen) atoms. The van der Waals surface area contributed by atoms with Crippen molar-refractivity contribution in [3.05, 3.63) is 28.2 Å². The summed E-state index contributed by atoms with van der Waals surface area (Å²) >= 11 is 3.53. The van der Waals surface area contributed by atoms with Crippen molar-refractivity contribution in [3.63, 3.8) is 0 Å². The van der Waals surface area contributed by atoms with E-state index < -0.39 is 0 Å². The molecule has 1 aromatic carbocycles. The fourth-order valence-corrected chi connectivity index (χ4v) is 2.22. The summed E-state index contributed by atoms with van der Waals surface area (Å²) in [4.78, 5) is 0. The number of nitrogens with one attached hydrogen (secondary N) is 1. The second kappa shape index (κ2) is 6.92. The van der Waals surface area contributed by atoms with Crippen LogP contribution in [0, 0.1) is 6.92 Å². The van der Waals surface area contributed by atoms with E-state index in [0.717, 1.165) is 29.6 Å². The Balaban J connectivity index is 2.68. The number of halogens is 1. The maximum absolute atomic E-state index is 5.97. The molecule has 0 saturated heterocycles. The van der Waals surface area contributed by atoms with Crippen LogP contribution in [0.5, 0.6) is 5.75 Å². The Labute approximate surface area is 107 Å². The first-order valence-corrected chi connectivity index (χ1v) is 6.54. The topological polar surface area (TPSA) is 21.3 Å². The van der Waals surface area contributed by atoms with Crippen LogP contribution < -0.4 is 10.1 Å². The highest BCUT2D eigenvalue weighted by Crippen LogP contribution is 2.27. The molecule has 1 atom stereocenters. The van der Waals surface area contributed by atoms with E-state index in [-0.39, 0.29) is 6.10 Å². The van der Waals surface area contributed by atoms with Crippen LogP contribution in [0.15, 0.2) is 22.7 Å². The molecular formula is C13H20BrNO. The molecule has 90 valence electrons. The average Bonchev–Trinajstić information content (AvgIpc) is 2.23. The second-order valence-electron chi connectivity index (χ2n) is 4.02. The summed E-state index contributed by atoms with van der Waals surface area (Å²) in [6, 6.07) is 6.18. The third kappa shape index (κ3) is 4.14. The van der Waals surface area contributed by atoms with Crippen LogP contribution in [0.25, 0.3) is 0 Å². The maximum Gasteiger partial charge on any atom is 0.133 e. The predicted octanol–water partition coefficient (Wildman–Crippen LogP) is 3.52. The predicted molar refractivity (Wildman–Crippen MR) is 72.1 cm³/mol. The summed E-state index contributed by atoms with van der Waals surface area (Å²) in [5, 5.41) is 3.16. The van der Waals surface area contributed by atoms with E-state index in [9.17, 15) is 0 Å². The van der Waals surface area contributed by atoms with Gasteiger partial charge in [-0.3, -0.25) is 0 Å². The molecule has 0 heterocycles. The van der Waals surface area contributed by atoms with Gasteiger partial charge < -0.3 is 10.1 Å². The van der Waals surface area contributed by atoms with Crippen molar-refractivity contribution in [2.24, 2.45) is 0 Å². The summed E-state index contributed by atoms with van der Waals surface area (Å²) in [5.41, 5.74) is 1.24. The van der Waals surface area contributed by atoms with Gasteiger partial charge in [-0.2, -0.15) is 0 Å². The molecule has 0 spiro atoms. The molecule has 0 radical (unpaired) electrons. The molecule has 0 fully saturated rings. The van der Waals surface area contributed by atoms with Crippen LogP contribution in [-0.4, -0.2) is 19.7 Å². The van der Waals surface area contributed by atoms with E-state index in [2.05, 4.69) is 47.2 Å². The van der Waals surface area contributed by atoms with Crippen molar-refractivity contribution >= 4 is 15.9 Å². The molecular weight excluding hydrogens is 266 g/mol. The molecule has 1 N–H and O–H groups in total. The van der Waals surface area contributed by atoms with Crippen LogP contribution in [0.1, 0.15) is 25.3 Å². The normalized spacial score (nSPS) is 12.5. The highest BCUT2D eigenvalue weighted by atomic mass is 79.9. The Morgan fingerprint density at radius 2 is 2.19 bits per heavy atom. The average molecular weight is 286 g/mol. The Hall–Kier alpha value is -0.540. The van der Waals surface area contributed by atoms with Crippen LogP contribution in [0.2, 0.25) is 0 Å². The molecule has 0 aliphatic carbocycles. The van der Waals surface area contributed by atoms with Gasteiger partial charge in [0.05, 0.1) is 4.47 Å². The quantitative estimate of drug-likeness (QED) is 0.864. The maximum atomic E-state index is 5.97. The summed E-state index contributed by atoms with van der Waals surface area (Å²) in [7, 11) is 1.95. The summed E-state index contributed by atoms with van der Waals surface area (Å²) in [5.74, 6) is 0.930. The molecule has 1 rings (SSSR count). The summed E-state index contributed by atoms with van der Waals surface area (Å²) in [6.07, 6.45) is 2.45. The van der Waals surface area contributed by atoms with Crippen molar-refractivity contribution in [3.8, 4) is 5.75 Å². The Morgan fingerprint density at radius 1 is 1.44 bits per heavy atom. The smallest absolute Gasteiger partial charge is 0.133 e. The SMILES string of the molecule is CCCC(CNC)Oc1ccc(C)cc1Br. The van der Waals surface area contributed by atoms with Crippen LogP contribution in [0.3, 0.4) is 0 Å². The largest absolute Gasteiger partial charge is 0.488 e. The standard InChI is InChI=1S/C13H20BrNO/c1-4-5-11(9-15-3)16-13-7-6-10(2)8-12(13)14/h6-8,11,15H,4-5,9H2,1-3H3. The van der Waals surface area contributed by atoms with Gasteiger partial charge in [0.1, 0.15) is 11.9 Å². The Kier molecular flexibility index (Phi) is 5.85. The number of benzene rings is 1. The first-order valence-electron chi connectivity index (χ1n) is 5.74. The zero-order valence-corrected chi connectivity index (χ0v) is 11.8. The van der Waals surface area contributed by atoms with E-state index >= 15 is 0 Å². The summed E-state index contributed by atoms with van der Waals surface area (Å²) < 4.78 is 7.00. The van der Waals surface area contributed by atoms with E-state index in [4.69, 9.17) is 4.74 Å². The highest BCUT2D eigenvalue weighted by molar-refractivity contribution is 9.10. The number of rotatable bonds is 6. The van der Waals surface area contributed by atoms with Crippen molar-refractivity contribution < 1.29 is 4.74 Å². The molecule has 0 aliphatic heterocycles. The highest BCUT2D eigenvalue weighted by Gasteiger charge is 2.10. The van der Waals surface area contributed by atoms with Gasteiger partial charge in [0.25, 0.3) is 0 Å². The molecule has 0 aromatic heterocycles.